The van der Waals surface area contributed by atoms with Crippen molar-refractivity contribution < 1.29 is 14.7 Å². The number of aliphatic carboxylic acids is 1. The van der Waals surface area contributed by atoms with Crippen molar-refractivity contribution in [3.8, 4) is 0 Å². The number of pyridine rings is 1. The molecule has 0 saturated carbocycles. The highest BCUT2D eigenvalue weighted by Gasteiger charge is 2.39. The molecule has 19 heavy (non-hydrogen) atoms. The largest absolute Gasteiger partial charge is 0.480 e. The molecule has 0 bridgehead atoms. The topological polar surface area (TPSA) is 93.3 Å². The van der Waals surface area contributed by atoms with Crippen LogP contribution in [0.5, 0.6) is 0 Å². The van der Waals surface area contributed by atoms with Crippen molar-refractivity contribution in [2.75, 3.05) is 0 Å². The number of amides is 1. The third-order valence-corrected chi connectivity index (χ3v) is 3.22. The van der Waals surface area contributed by atoms with Gasteiger partial charge in [-0.25, -0.2) is 0 Å². The molecule has 1 amide bonds. The summed E-state index contributed by atoms with van der Waals surface area (Å²) in [7, 11) is 0. The van der Waals surface area contributed by atoms with Crippen LogP contribution in [-0.2, 0) is 16.0 Å². The second-order valence-electron chi connectivity index (χ2n) is 4.71. The van der Waals surface area contributed by atoms with Crippen molar-refractivity contribution in [3.63, 3.8) is 0 Å². The second kappa shape index (κ2) is 4.68. The predicted molar refractivity (Wildman–Crippen MR) is 70.4 cm³/mol. The number of benzene rings is 1. The highest BCUT2D eigenvalue weighted by molar-refractivity contribution is 6.01. The monoisotopic (exact) mass is 258 g/mol. The lowest BCUT2D eigenvalue weighted by atomic mass is 9.83. The molecule has 0 aliphatic carbocycles. The van der Waals surface area contributed by atoms with Crippen molar-refractivity contribution in [3.05, 3.63) is 42.1 Å². The fourth-order valence-electron chi connectivity index (χ4n) is 1.89. The third kappa shape index (κ3) is 2.40. The van der Waals surface area contributed by atoms with E-state index in [1.807, 2.05) is 30.3 Å². The molecule has 2 aromatic rings. The van der Waals surface area contributed by atoms with Crippen LogP contribution < -0.4 is 5.73 Å². The number of rotatable bonds is 4. The number of primary amides is 1. The van der Waals surface area contributed by atoms with Gasteiger partial charge in [-0.2, -0.15) is 0 Å². The first-order chi connectivity index (χ1) is 8.93. The number of fused-ring (bicyclic) bond motifs is 1. The van der Waals surface area contributed by atoms with E-state index in [9.17, 15) is 9.59 Å². The summed E-state index contributed by atoms with van der Waals surface area (Å²) in [5.41, 5.74) is 5.06. The second-order valence-corrected chi connectivity index (χ2v) is 4.71. The van der Waals surface area contributed by atoms with Gasteiger partial charge in [-0.3, -0.25) is 14.6 Å². The van der Waals surface area contributed by atoms with Crippen molar-refractivity contribution in [2.45, 2.75) is 13.3 Å². The molecule has 0 aliphatic heterocycles. The summed E-state index contributed by atoms with van der Waals surface area (Å²) < 4.78 is 0. The fourth-order valence-corrected chi connectivity index (χ4v) is 1.89. The van der Waals surface area contributed by atoms with Crippen molar-refractivity contribution in [1.82, 2.24) is 4.98 Å². The van der Waals surface area contributed by atoms with E-state index in [0.717, 1.165) is 10.9 Å². The number of carboxylic acids is 1. The fraction of sp³-hybridized carbons (Fsp3) is 0.214. The molecule has 1 atom stereocenters. The van der Waals surface area contributed by atoms with E-state index < -0.39 is 17.3 Å². The van der Waals surface area contributed by atoms with Gasteiger partial charge in [0, 0.05) is 11.6 Å². The van der Waals surface area contributed by atoms with Crippen LogP contribution in [0.3, 0.4) is 0 Å². The van der Waals surface area contributed by atoms with Gasteiger partial charge in [0.15, 0.2) is 0 Å². The van der Waals surface area contributed by atoms with Gasteiger partial charge < -0.3 is 10.8 Å². The lowest BCUT2D eigenvalue weighted by Crippen LogP contribution is -2.43. The average molecular weight is 258 g/mol. The number of nitrogens with two attached hydrogens (primary N) is 1. The Morgan fingerprint density at radius 2 is 2.05 bits per heavy atom. The van der Waals surface area contributed by atoms with Crippen LogP contribution in [0.4, 0.5) is 0 Å². The molecule has 98 valence electrons. The van der Waals surface area contributed by atoms with Gasteiger partial charge in [0.25, 0.3) is 0 Å². The number of aromatic nitrogens is 1. The third-order valence-electron chi connectivity index (χ3n) is 3.22. The van der Waals surface area contributed by atoms with Crippen LogP contribution in [-0.4, -0.2) is 22.0 Å². The van der Waals surface area contributed by atoms with Gasteiger partial charge in [-0.15, -0.1) is 0 Å². The minimum absolute atomic E-state index is 0.0233. The number of nitrogens with zero attached hydrogens (tertiary/aromatic N) is 1. The molecule has 2 rings (SSSR count). The lowest BCUT2D eigenvalue weighted by Gasteiger charge is -2.20. The normalized spacial score (nSPS) is 13.9. The SMILES string of the molecule is CC(Cc1cnc2ccccc2c1)(C(N)=O)C(=O)O. The van der Waals surface area contributed by atoms with Gasteiger partial charge in [0.1, 0.15) is 5.41 Å². The molecule has 1 unspecified atom stereocenters. The van der Waals surface area contributed by atoms with Crippen LogP contribution in [0.15, 0.2) is 36.5 Å². The summed E-state index contributed by atoms with van der Waals surface area (Å²) in [6.07, 6.45) is 1.60. The van der Waals surface area contributed by atoms with E-state index in [2.05, 4.69) is 4.98 Å². The number of para-hydroxylation sites is 1. The van der Waals surface area contributed by atoms with Crippen LogP contribution in [0.1, 0.15) is 12.5 Å². The van der Waals surface area contributed by atoms with Gasteiger partial charge in [0.2, 0.25) is 5.91 Å². The maximum absolute atomic E-state index is 11.4. The standard InChI is InChI=1S/C14H14N2O3/c1-14(12(15)17,13(18)19)7-9-6-10-4-2-3-5-11(10)16-8-9/h2-6,8H,7H2,1H3,(H2,15,17)(H,18,19). The van der Waals surface area contributed by atoms with Gasteiger partial charge in [0.05, 0.1) is 5.52 Å². The average Bonchev–Trinajstić information content (AvgIpc) is 2.38. The Morgan fingerprint density at radius 3 is 2.68 bits per heavy atom. The summed E-state index contributed by atoms with van der Waals surface area (Å²) in [5.74, 6) is -2.08. The maximum atomic E-state index is 11.4. The zero-order chi connectivity index (χ0) is 14.0. The van der Waals surface area contributed by atoms with Crippen LogP contribution in [0, 0.1) is 5.41 Å². The maximum Gasteiger partial charge on any atom is 0.319 e. The van der Waals surface area contributed by atoms with Gasteiger partial charge in [-0.05, 0) is 31.0 Å². The van der Waals surface area contributed by atoms with E-state index in [1.165, 1.54) is 6.92 Å². The Balaban J connectivity index is 2.40. The molecule has 0 spiro atoms. The zero-order valence-electron chi connectivity index (χ0n) is 10.5. The molecule has 5 nitrogen and oxygen atoms in total. The van der Waals surface area contributed by atoms with Crippen LogP contribution in [0.25, 0.3) is 10.9 Å². The Morgan fingerprint density at radius 1 is 1.37 bits per heavy atom. The van der Waals surface area contributed by atoms with Gasteiger partial charge in [-0.1, -0.05) is 18.2 Å². The highest BCUT2D eigenvalue weighted by atomic mass is 16.4. The number of carbonyl (C=O) groups excluding carboxylic acids is 1. The Bertz CT molecular complexity index is 638. The minimum atomic E-state index is -1.62. The van der Waals surface area contributed by atoms with Crippen molar-refractivity contribution >= 4 is 22.8 Å². The lowest BCUT2D eigenvalue weighted by molar-refractivity contribution is -0.153. The first kappa shape index (κ1) is 13.0. The van der Waals surface area contributed by atoms with E-state index in [4.69, 9.17) is 10.8 Å². The molecule has 3 N–H and O–H groups in total. The number of hydrogen-bond donors (Lipinski definition) is 2. The van der Waals surface area contributed by atoms with Gasteiger partial charge >= 0.3 is 5.97 Å². The van der Waals surface area contributed by atoms with Crippen molar-refractivity contribution in [1.29, 1.82) is 0 Å². The predicted octanol–water partition coefficient (Wildman–Crippen LogP) is 1.35. The summed E-state index contributed by atoms with van der Waals surface area (Å²) in [6, 6.07) is 9.32. The molecule has 1 aromatic carbocycles. The number of hydrogen-bond acceptors (Lipinski definition) is 3. The summed E-state index contributed by atoms with van der Waals surface area (Å²) in [5, 5.41) is 10.1. The molecule has 0 saturated heterocycles. The smallest absolute Gasteiger partial charge is 0.319 e. The Hall–Kier alpha value is -2.43. The molecule has 0 aliphatic rings. The van der Waals surface area contributed by atoms with E-state index in [-0.39, 0.29) is 6.42 Å². The minimum Gasteiger partial charge on any atom is -0.480 e. The molecule has 5 heteroatoms. The first-order valence-corrected chi connectivity index (χ1v) is 5.80. The highest BCUT2D eigenvalue weighted by Crippen LogP contribution is 2.24. The van der Waals surface area contributed by atoms with E-state index in [1.54, 1.807) is 6.20 Å². The number of carboxylic acid groups (broad SMARTS) is 1. The number of carbonyl (C=O) groups is 2. The summed E-state index contributed by atoms with van der Waals surface area (Å²) in [6.45, 7) is 1.33. The first-order valence-electron chi connectivity index (χ1n) is 5.80. The van der Waals surface area contributed by atoms with Crippen molar-refractivity contribution in [2.24, 2.45) is 11.1 Å². The quantitative estimate of drug-likeness (QED) is 0.809. The molecular weight excluding hydrogens is 244 g/mol. The van der Waals surface area contributed by atoms with E-state index in [0.29, 0.717) is 5.56 Å². The summed E-state index contributed by atoms with van der Waals surface area (Å²) >= 11 is 0. The van der Waals surface area contributed by atoms with E-state index >= 15 is 0 Å². The van der Waals surface area contributed by atoms with Crippen LogP contribution >= 0.6 is 0 Å². The Kier molecular flexibility index (Phi) is 3.21. The Labute approximate surface area is 110 Å². The molecule has 0 fully saturated rings. The molecule has 1 heterocycles. The molecule has 0 radical (unpaired) electrons. The summed E-state index contributed by atoms with van der Waals surface area (Å²) in [4.78, 5) is 26.8. The van der Waals surface area contributed by atoms with Crippen LogP contribution in [0.2, 0.25) is 0 Å². The molecule has 1 aromatic heterocycles. The zero-order valence-corrected chi connectivity index (χ0v) is 10.5. The molecular formula is C14H14N2O3.